The second kappa shape index (κ2) is 6.05. The minimum absolute atomic E-state index is 0.148. The van der Waals surface area contributed by atoms with Gasteiger partial charge in [-0.05, 0) is 36.2 Å². The molecule has 24 heavy (non-hydrogen) atoms. The van der Waals surface area contributed by atoms with Crippen LogP contribution in [0.4, 0.5) is 0 Å². The van der Waals surface area contributed by atoms with Gasteiger partial charge < -0.3 is 4.74 Å². The smallest absolute Gasteiger partial charge is 0.283 e. The molecular weight excluding hydrogens is 322 g/mol. The normalized spacial score (nSPS) is 11.2. The first-order chi connectivity index (χ1) is 11.7. The third-order valence-electron chi connectivity index (χ3n) is 3.84. The van der Waals surface area contributed by atoms with E-state index in [1.54, 1.807) is 6.07 Å². The van der Waals surface area contributed by atoms with E-state index in [0.717, 1.165) is 17.2 Å². The Labute approximate surface area is 142 Å². The standard InChI is InChI=1S/C18H15N3O2S/c1-2-12-7-9-13(10-8-12)23-11-16-20-21-17(22)14-5-3-4-6-15(14)19-18(21)24-16/h3-10H,2,11H2,1H3. The summed E-state index contributed by atoms with van der Waals surface area (Å²) >= 11 is 1.37. The van der Waals surface area contributed by atoms with Crippen molar-refractivity contribution in [2.24, 2.45) is 0 Å². The number of nitrogens with zero attached hydrogens (tertiary/aromatic N) is 3. The van der Waals surface area contributed by atoms with Crippen LogP contribution in [0.25, 0.3) is 15.9 Å². The predicted molar refractivity (Wildman–Crippen MR) is 94.8 cm³/mol. The summed E-state index contributed by atoms with van der Waals surface area (Å²) in [6.07, 6.45) is 1.00. The van der Waals surface area contributed by atoms with Crippen LogP contribution in [0.15, 0.2) is 53.3 Å². The Morgan fingerprint density at radius 2 is 1.92 bits per heavy atom. The van der Waals surface area contributed by atoms with Gasteiger partial charge in [-0.15, -0.1) is 0 Å². The highest BCUT2D eigenvalue weighted by atomic mass is 32.1. The largest absolute Gasteiger partial charge is 0.486 e. The van der Waals surface area contributed by atoms with Crippen LogP contribution in [-0.4, -0.2) is 14.6 Å². The van der Waals surface area contributed by atoms with Crippen LogP contribution >= 0.6 is 11.3 Å². The molecule has 4 aromatic rings. The van der Waals surface area contributed by atoms with E-state index in [2.05, 4.69) is 17.0 Å². The van der Waals surface area contributed by atoms with E-state index in [-0.39, 0.29) is 5.56 Å². The molecule has 0 radical (unpaired) electrons. The van der Waals surface area contributed by atoms with E-state index in [9.17, 15) is 4.79 Å². The highest BCUT2D eigenvalue weighted by molar-refractivity contribution is 7.16. The van der Waals surface area contributed by atoms with Crippen LogP contribution < -0.4 is 10.3 Å². The Bertz CT molecular complexity index is 1070. The summed E-state index contributed by atoms with van der Waals surface area (Å²) in [7, 11) is 0. The number of aryl methyl sites for hydroxylation is 1. The number of rotatable bonds is 4. The second-order valence-electron chi connectivity index (χ2n) is 5.41. The molecule has 5 nitrogen and oxygen atoms in total. The lowest BCUT2D eigenvalue weighted by Crippen LogP contribution is -2.15. The zero-order chi connectivity index (χ0) is 16.5. The van der Waals surface area contributed by atoms with Gasteiger partial charge in [-0.2, -0.15) is 9.61 Å². The molecule has 0 saturated carbocycles. The summed E-state index contributed by atoms with van der Waals surface area (Å²) in [5.41, 5.74) is 1.81. The fourth-order valence-corrected chi connectivity index (χ4v) is 3.32. The molecule has 0 aliphatic carbocycles. The van der Waals surface area contributed by atoms with Gasteiger partial charge in [-0.1, -0.05) is 42.5 Å². The number of benzene rings is 2. The van der Waals surface area contributed by atoms with E-state index in [0.29, 0.717) is 22.5 Å². The first-order valence-electron chi connectivity index (χ1n) is 7.74. The average molecular weight is 337 g/mol. The minimum Gasteiger partial charge on any atom is -0.486 e. The maximum absolute atomic E-state index is 12.5. The molecule has 2 aromatic carbocycles. The number of fused-ring (bicyclic) bond motifs is 2. The van der Waals surface area contributed by atoms with Crippen LogP contribution in [0.5, 0.6) is 5.75 Å². The molecule has 2 heterocycles. The molecule has 0 unspecified atom stereocenters. The number of ether oxygens (including phenoxy) is 1. The fraction of sp³-hybridized carbons (Fsp3) is 0.167. The van der Waals surface area contributed by atoms with Crippen LogP contribution in [0, 0.1) is 0 Å². The monoisotopic (exact) mass is 337 g/mol. The molecule has 0 aliphatic heterocycles. The summed E-state index contributed by atoms with van der Waals surface area (Å²) in [4.78, 5) is 17.6. The van der Waals surface area contributed by atoms with Crippen molar-refractivity contribution in [3.63, 3.8) is 0 Å². The molecular formula is C18H15N3O2S. The number of para-hydroxylation sites is 1. The maximum atomic E-state index is 12.5. The fourth-order valence-electron chi connectivity index (χ4n) is 2.52. The lowest BCUT2D eigenvalue weighted by Gasteiger charge is -2.04. The van der Waals surface area contributed by atoms with Crippen molar-refractivity contribution >= 4 is 27.2 Å². The first kappa shape index (κ1) is 14.8. The zero-order valence-electron chi connectivity index (χ0n) is 13.1. The van der Waals surface area contributed by atoms with Crippen LogP contribution in [-0.2, 0) is 13.0 Å². The van der Waals surface area contributed by atoms with Crippen LogP contribution in [0.1, 0.15) is 17.5 Å². The Kier molecular flexibility index (Phi) is 3.74. The summed E-state index contributed by atoms with van der Waals surface area (Å²) in [6.45, 7) is 2.43. The van der Waals surface area contributed by atoms with Crippen LogP contribution in [0.3, 0.4) is 0 Å². The van der Waals surface area contributed by atoms with Crippen molar-refractivity contribution in [2.45, 2.75) is 20.0 Å². The SMILES string of the molecule is CCc1ccc(OCc2nn3c(=O)c4ccccc4nc3s2)cc1. The van der Waals surface area contributed by atoms with E-state index in [1.165, 1.54) is 21.4 Å². The highest BCUT2D eigenvalue weighted by Crippen LogP contribution is 2.18. The molecule has 0 amide bonds. The minimum atomic E-state index is -0.148. The van der Waals surface area contributed by atoms with E-state index < -0.39 is 0 Å². The van der Waals surface area contributed by atoms with Crippen molar-refractivity contribution in [1.29, 1.82) is 0 Å². The maximum Gasteiger partial charge on any atom is 0.283 e. The molecule has 0 N–H and O–H groups in total. The summed E-state index contributed by atoms with van der Waals surface area (Å²) < 4.78 is 7.12. The van der Waals surface area contributed by atoms with Gasteiger partial charge in [0, 0.05) is 0 Å². The Balaban J connectivity index is 1.63. The lowest BCUT2D eigenvalue weighted by atomic mass is 10.2. The third-order valence-corrected chi connectivity index (χ3v) is 4.72. The third kappa shape index (κ3) is 2.65. The van der Waals surface area contributed by atoms with Crippen molar-refractivity contribution in [1.82, 2.24) is 14.6 Å². The molecule has 2 aromatic heterocycles. The van der Waals surface area contributed by atoms with Gasteiger partial charge >= 0.3 is 0 Å². The van der Waals surface area contributed by atoms with Gasteiger partial charge in [-0.3, -0.25) is 4.79 Å². The molecule has 4 rings (SSSR count). The molecule has 0 atom stereocenters. The van der Waals surface area contributed by atoms with Gasteiger partial charge in [0.05, 0.1) is 10.9 Å². The van der Waals surface area contributed by atoms with Crippen molar-refractivity contribution < 1.29 is 4.74 Å². The quantitative estimate of drug-likeness (QED) is 0.572. The molecule has 0 saturated heterocycles. The van der Waals surface area contributed by atoms with E-state index in [4.69, 9.17) is 4.74 Å². The lowest BCUT2D eigenvalue weighted by molar-refractivity contribution is 0.304. The zero-order valence-corrected chi connectivity index (χ0v) is 13.9. The van der Waals surface area contributed by atoms with E-state index in [1.807, 2.05) is 42.5 Å². The number of hydrogen-bond acceptors (Lipinski definition) is 5. The summed E-state index contributed by atoms with van der Waals surface area (Å²) in [5.74, 6) is 0.789. The molecule has 0 fully saturated rings. The Hall–Kier alpha value is -2.73. The molecule has 0 aliphatic rings. The average Bonchev–Trinajstić information content (AvgIpc) is 3.04. The second-order valence-corrected chi connectivity index (χ2v) is 6.45. The van der Waals surface area contributed by atoms with E-state index >= 15 is 0 Å². The molecule has 6 heteroatoms. The predicted octanol–water partition coefficient (Wildman–Crippen LogP) is 3.45. The molecule has 0 spiro atoms. The van der Waals surface area contributed by atoms with Gasteiger partial charge in [0.2, 0.25) is 4.96 Å². The molecule has 120 valence electrons. The van der Waals surface area contributed by atoms with Gasteiger partial charge in [-0.25, -0.2) is 4.98 Å². The summed E-state index contributed by atoms with van der Waals surface area (Å²) in [6, 6.07) is 15.3. The highest BCUT2D eigenvalue weighted by Gasteiger charge is 2.11. The number of aromatic nitrogens is 3. The van der Waals surface area contributed by atoms with Crippen LogP contribution in [0.2, 0.25) is 0 Å². The topological polar surface area (TPSA) is 56.5 Å². The van der Waals surface area contributed by atoms with Gasteiger partial charge in [0.1, 0.15) is 12.4 Å². The Morgan fingerprint density at radius 3 is 2.71 bits per heavy atom. The number of hydrogen-bond donors (Lipinski definition) is 0. The molecule has 0 bridgehead atoms. The van der Waals surface area contributed by atoms with Gasteiger partial charge in [0.25, 0.3) is 5.56 Å². The van der Waals surface area contributed by atoms with Crippen molar-refractivity contribution in [3.05, 3.63) is 69.5 Å². The van der Waals surface area contributed by atoms with Crippen molar-refractivity contribution in [3.8, 4) is 5.75 Å². The Morgan fingerprint density at radius 1 is 1.12 bits per heavy atom. The van der Waals surface area contributed by atoms with Crippen molar-refractivity contribution in [2.75, 3.05) is 0 Å². The summed E-state index contributed by atoms with van der Waals surface area (Å²) in [5, 5.41) is 5.64. The first-order valence-corrected chi connectivity index (χ1v) is 8.55. The van der Waals surface area contributed by atoms with Gasteiger partial charge in [0.15, 0.2) is 5.01 Å².